The minimum atomic E-state index is -2.68. The number of esters is 1. The Balaban J connectivity index is 2.96. The summed E-state index contributed by atoms with van der Waals surface area (Å²) in [6, 6.07) is 0. The lowest BCUT2D eigenvalue weighted by atomic mass is 9.83. The first-order valence-corrected chi connectivity index (χ1v) is 13.7. The van der Waals surface area contributed by atoms with Crippen LogP contribution < -0.4 is 0 Å². The van der Waals surface area contributed by atoms with Crippen LogP contribution in [0.25, 0.3) is 0 Å². The van der Waals surface area contributed by atoms with Crippen LogP contribution in [0.4, 0.5) is 0 Å². The van der Waals surface area contributed by atoms with Crippen LogP contribution in [0.1, 0.15) is 84.0 Å². The summed E-state index contributed by atoms with van der Waals surface area (Å²) in [6.45, 7) is 2.17. The maximum Gasteiger partial charge on any atom is 0.345 e. The van der Waals surface area contributed by atoms with Gasteiger partial charge in [0.1, 0.15) is 5.92 Å². The number of allylic oxidation sites excluding steroid dienone is 3. The van der Waals surface area contributed by atoms with E-state index in [1.165, 1.54) is 38.2 Å². The summed E-state index contributed by atoms with van der Waals surface area (Å²) in [5, 5.41) is 46.9. The van der Waals surface area contributed by atoms with E-state index in [1.54, 1.807) is 6.08 Å². The van der Waals surface area contributed by atoms with Gasteiger partial charge in [0.25, 0.3) is 0 Å². The van der Waals surface area contributed by atoms with Gasteiger partial charge in [-0.2, -0.15) is 0 Å². The minimum absolute atomic E-state index is 0.336. The molecule has 5 N–H and O–H groups in total. The quantitative estimate of drug-likeness (QED) is 0.0741. The van der Waals surface area contributed by atoms with Crippen molar-refractivity contribution in [1.29, 1.82) is 0 Å². The first kappa shape index (κ1) is 35.3. The summed E-state index contributed by atoms with van der Waals surface area (Å²) in [6.07, 6.45) is 10.3. The van der Waals surface area contributed by atoms with E-state index in [2.05, 4.69) is 13.0 Å². The highest BCUT2D eigenvalue weighted by Crippen LogP contribution is 2.41. The summed E-state index contributed by atoms with van der Waals surface area (Å²) < 4.78 is 10.4. The first-order chi connectivity index (χ1) is 19.3. The molecule has 41 heavy (non-hydrogen) atoms. The van der Waals surface area contributed by atoms with Gasteiger partial charge < -0.3 is 35.0 Å². The van der Waals surface area contributed by atoms with Gasteiger partial charge in [-0.05, 0) is 32.1 Å². The van der Waals surface area contributed by atoms with Crippen LogP contribution in [-0.2, 0) is 38.2 Å². The number of carbonyl (C=O) groups excluding carboxylic acids is 1. The normalized spacial score (nSPS) is 22.0. The number of hydrogen-bond acceptors (Lipinski definition) is 8. The molecule has 0 aliphatic carbocycles. The Hall–Kier alpha value is -3.74. The SMILES string of the molecule is CCCCCCCC/C=C/CC/C=C/C1CC(C(=O)O)C(CC(=O)O)(C(=O)OC(C(=O)O)C(CC(=O)O)C(=O)O)O1. The van der Waals surface area contributed by atoms with E-state index in [-0.39, 0.29) is 6.42 Å². The average Bonchev–Trinajstić information content (AvgIpc) is 3.25. The van der Waals surface area contributed by atoms with Gasteiger partial charge in [0.2, 0.25) is 6.10 Å². The zero-order chi connectivity index (χ0) is 31.0. The summed E-state index contributed by atoms with van der Waals surface area (Å²) in [5.74, 6) is -14.6. The van der Waals surface area contributed by atoms with Crippen molar-refractivity contribution in [3.8, 4) is 0 Å². The van der Waals surface area contributed by atoms with Crippen molar-refractivity contribution in [2.45, 2.75) is 102 Å². The summed E-state index contributed by atoms with van der Waals surface area (Å²) in [4.78, 5) is 71.1. The number of hydrogen-bond donors (Lipinski definition) is 5. The van der Waals surface area contributed by atoms with E-state index >= 15 is 0 Å². The van der Waals surface area contributed by atoms with E-state index in [0.29, 0.717) is 12.8 Å². The Morgan fingerprint density at radius 3 is 2.00 bits per heavy atom. The smallest absolute Gasteiger partial charge is 0.345 e. The minimum Gasteiger partial charge on any atom is -0.481 e. The molecule has 0 bridgehead atoms. The van der Waals surface area contributed by atoms with Crippen molar-refractivity contribution in [2.24, 2.45) is 11.8 Å². The summed E-state index contributed by atoms with van der Waals surface area (Å²) in [5.41, 5.74) is -2.68. The van der Waals surface area contributed by atoms with Gasteiger partial charge in [-0.25, -0.2) is 9.59 Å². The van der Waals surface area contributed by atoms with Crippen molar-refractivity contribution in [1.82, 2.24) is 0 Å². The molecule has 1 aliphatic rings. The van der Waals surface area contributed by atoms with Crippen LogP contribution in [-0.4, -0.2) is 79.2 Å². The number of unbranched alkanes of at least 4 members (excludes halogenated alkanes) is 7. The molecule has 1 aliphatic heterocycles. The Morgan fingerprint density at radius 1 is 0.829 bits per heavy atom. The molecule has 13 heteroatoms. The standard InChI is InChI=1S/C28H40O13/c1-2-3-4-5-6-7-8-9-10-11-12-13-14-18-15-20(25(35)36)28(41-18,17-22(31)32)27(39)40-23(26(37)38)19(24(33)34)16-21(29)30/h9-10,13-14,18-20,23H,2-8,11-12,15-17H2,1H3,(H,29,30)(H,31,32)(H,33,34)(H,35,36)(H,37,38)/b10-9+,14-13+. The van der Waals surface area contributed by atoms with Crippen LogP contribution in [0.15, 0.2) is 24.3 Å². The average molecular weight is 585 g/mol. The van der Waals surface area contributed by atoms with Gasteiger partial charge in [0.15, 0.2) is 5.60 Å². The highest BCUT2D eigenvalue weighted by atomic mass is 16.6. The van der Waals surface area contributed by atoms with E-state index in [0.717, 1.165) is 12.8 Å². The molecule has 0 radical (unpaired) electrons. The van der Waals surface area contributed by atoms with Crippen LogP contribution in [0, 0.1) is 11.8 Å². The molecule has 5 atom stereocenters. The van der Waals surface area contributed by atoms with Gasteiger partial charge in [0.05, 0.1) is 24.9 Å². The van der Waals surface area contributed by atoms with Crippen LogP contribution in [0.5, 0.6) is 0 Å². The Kier molecular flexibility index (Phi) is 15.4. The highest BCUT2D eigenvalue weighted by Gasteiger charge is 2.60. The van der Waals surface area contributed by atoms with E-state index in [4.69, 9.17) is 14.6 Å². The molecule has 0 amide bonds. The lowest BCUT2D eigenvalue weighted by Crippen LogP contribution is -2.53. The fourth-order valence-electron chi connectivity index (χ4n) is 4.64. The molecule has 1 fully saturated rings. The second-order valence-corrected chi connectivity index (χ2v) is 9.98. The van der Waals surface area contributed by atoms with Gasteiger partial charge in [0, 0.05) is 0 Å². The van der Waals surface area contributed by atoms with Gasteiger partial charge in [-0.1, -0.05) is 63.3 Å². The maximum absolute atomic E-state index is 13.2. The Bertz CT molecular complexity index is 985. The molecule has 1 saturated heterocycles. The zero-order valence-corrected chi connectivity index (χ0v) is 23.1. The molecule has 0 aromatic heterocycles. The monoisotopic (exact) mass is 584 g/mol. The fraction of sp³-hybridized carbons (Fsp3) is 0.643. The summed E-state index contributed by atoms with van der Waals surface area (Å²) in [7, 11) is 0. The number of ether oxygens (including phenoxy) is 2. The third kappa shape index (κ3) is 11.7. The predicted octanol–water partition coefficient (Wildman–Crippen LogP) is 3.50. The van der Waals surface area contributed by atoms with Gasteiger partial charge in [-0.3, -0.25) is 19.2 Å². The lowest BCUT2D eigenvalue weighted by Gasteiger charge is -2.31. The molecule has 230 valence electrons. The number of carboxylic acids is 5. The van der Waals surface area contributed by atoms with Gasteiger partial charge in [-0.15, -0.1) is 0 Å². The molecule has 0 saturated carbocycles. The number of rotatable bonds is 21. The fourth-order valence-corrected chi connectivity index (χ4v) is 4.64. The van der Waals surface area contributed by atoms with Crippen molar-refractivity contribution >= 4 is 35.8 Å². The van der Waals surface area contributed by atoms with Crippen molar-refractivity contribution in [2.75, 3.05) is 0 Å². The van der Waals surface area contributed by atoms with Crippen LogP contribution in [0.3, 0.4) is 0 Å². The molecular formula is C28H40O13. The van der Waals surface area contributed by atoms with Crippen molar-refractivity contribution < 1.29 is 63.8 Å². The number of carbonyl (C=O) groups is 6. The molecule has 0 aromatic rings. The summed E-state index contributed by atoms with van der Waals surface area (Å²) >= 11 is 0. The predicted molar refractivity (Wildman–Crippen MR) is 142 cm³/mol. The number of aliphatic carboxylic acids is 5. The maximum atomic E-state index is 13.2. The Labute approximate surface area is 237 Å². The molecule has 1 heterocycles. The lowest BCUT2D eigenvalue weighted by molar-refractivity contribution is -0.195. The second-order valence-electron chi connectivity index (χ2n) is 9.98. The molecule has 1 rings (SSSR count). The third-order valence-corrected chi connectivity index (χ3v) is 6.75. The zero-order valence-electron chi connectivity index (χ0n) is 23.1. The third-order valence-electron chi connectivity index (χ3n) is 6.75. The largest absolute Gasteiger partial charge is 0.481 e. The molecule has 5 unspecified atom stereocenters. The van der Waals surface area contributed by atoms with Crippen LogP contribution in [0.2, 0.25) is 0 Å². The van der Waals surface area contributed by atoms with E-state index in [9.17, 15) is 49.2 Å². The molecule has 0 aromatic carbocycles. The second kappa shape index (κ2) is 17.8. The topological polar surface area (TPSA) is 222 Å². The number of carboxylic acid groups (broad SMARTS) is 5. The first-order valence-electron chi connectivity index (χ1n) is 13.7. The molecule has 13 nitrogen and oxygen atoms in total. The van der Waals surface area contributed by atoms with E-state index in [1.807, 2.05) is 6.08 Å². The van der Waals surface area contributed by atoms with Crippen molar-refractivity contribution in [3.63, 3.8) is 0 Å². The highest BCUT2D eigenvalue weighted by molar-refractivity contribution is 5.94. The van der Waals surface area contributed by atoms with E-state index < -0.39 is 78.3 Å². The van der Waals surface area contributed by atoms with Crippen molar-refractivity contribution in [3.05, 3.63) is 24.3 Å². The molecule has 0 spiro atoms. The molecular weight excluding hydrogens is 544 g/mol. The Morgan fingerprint density at radius 2 is 1.44 bits per heavy atom. The van der Waals surface area contributed by atoms with Crippen LogP contribution >= 0.6 is 0 Å². The van der Waals surface area contributed by atoms with Gasteiger partial charge >= 0.3 is 35.8 Å².